The molecule has 1 saturated heterocycles. The first-order valence-corrected chi connectivity index (χ1v) is 19.9. The van der Waals surface area contributed by atoms with Crippen LogP contribution in [0, 0.1) is 5.41 Å². The van der Waals surface area contributed by atoms with E-state index in [1.807, 2.05) is 140 Å². The Morgan fingerprint density at radius 2 is 1.19 bits per heavy atom. The number of esters is 2. The Morgan fingerprint density at radius 1 is 0.655 bits per heavy atom. The first-order valence-electron chi connectivity index (χ1n) is 19.6. The van der Waals surface area contributed by atoms with Crippen molar-refractivity contribution in [1.82, 2.24) is 0 Å². The van der Waals surface area contributed by atoms with Gasteiger partial charge in [-0.1, -0.05) is 121 Å². The molecule has 0 radical (unpaired) electrons. The SMILES string of the molecule is CCOc1ccc(-c2cc([C@@H]3O[C@H](COC(=O)COC(=O)C(C)(C)C)[C@@H](OCc4ccccc4)[C@H](OCc4ccccc4)[C@H]3OCc3ccccc3)ccc2Cl)cc1. The van der Waals surface area contributed by atoms with Gasteiger partial charge in [0.2, 0.25) is 0 Å². The predicted molar refractivity (Wildman–Crippen MR) is 222 cm³/mol. The zero-order chi connectivity index (χ0) is 40.9. The minimum atomic E-state index is -0.835. The van der Waals surface area contributed by atoms with Crippen molar-refractivity contribution in [2.24, 2.45) is 5.41 Å². The summed E-state index contributed by atoms with van der Waals surface area (Å²) >= 11 is 6.87. The van der Waals surface area contributed by atoms with Gasteiger partial charge >= 0.3 is 11.9 Å². The molecule has 304 valence electrons. The third-order valence-electron chi connectivity index (χ3n) is 9.63. The van der Waals surface area contributed by atoms with Gasteiger partial charge in [0.15, 0.2) is 6.61 Å². The summed E-state index contributed by atoms with van der Waals surface area (Å²) < 4.78 is 44.2. The van der Waals surface area contributed by atoms with Gasteiger partial charge in [-0.15, -0.1) is 0 Å². The molecule has 0 bridgehead atoms. The maximum absolute atomic E-state index is 13.1. The molecule has 1 aliphatic heterocycles. The van der Waals surface area contributed by atoms with Gasteiger partial charge in [0.25, 0.3) is 0 Å². The highest BCUT2D eigenvalue weighted by molar-refractivity contribution is 6.33. The maximum atomic E-state index is 13.1. The quantitative estimate of drug-likeness (QED) is 0.0851. The predicted octanol–water partition coefficient (Wildman–Crippen LogP) is 9.73. The Balaban J connectivity index is 1.39. The minimum absolute atomic E-state index is 0.211. The molecule has 58 heavy (non-hydrogen) atoms. The van der Waals surface area contributed by atoms with Gasteiger partial charge in [0.1, 0.15) is 42.9 Å². The van der Waals surface area contributed by atoms with Gasteiger partial charge in [0.05, 0.1) is 31.8 Å². The number of hydrogen-bond donors (Lipinski definition) is 0. The average Bonchev–Trinajstić information content (AvgIpc) is 3.24. The van der Waals surface area contributed by atoms with Crippen LogP contribution >= 0.6 is 11.6 Å². The molecule has 0 saturated carbocycles. The number of rotatable bonds is 17. The molecule has 9 nitrogen and oxygen atoms in total. The topological polar surface area (TPSA) is 98.8 Å². The van der Waals surface area contributed by atoms with Crippen LogP contribution in [-0.4, -0.2) is 56.2 Å². The van der Waals surface area contributed by atoms with Gasteiger partial charge in [-0.2, -0.15) is 0 Å². The lowest BCUT2D eigenvalue weighted by Crippen LogP contribution is -2.58. The van der Waals surface area contributed by atoms with E-state index in [0.717, 1.165) is 39.1 Å². The van der Waals surface area contributed by atoms with E-state index in [2.05, 4.69) is 0 Å². The molecule has 0 aromatic heterocycles. The van der Waals surface area contributed by atoms with Crippen molar-refractivity contribution < 1.29 is 42.7 Å². The van der Waals surface area contributed by atoms with Gasteiger partial charge in [-0.05, 0) is 79.8 Å². The van der Waals surface area contributed by atoms with Crippen LogP contribution in [0.2, 0.25) is 5.02 Å². The van der Waals surface area contributed by atoms with Crippen molar-refractivity contribution in [3.05, 3.63) is 161 Å². The fraction of sp³-hybridized carbons (Fsp3) is 0.333. The van der Waals surface area contributed by atoms with E-state index >= 15 is 0 Å². The second-order valence-corrected chi connectivity index (χ2v) is 15.5. The second-order valence-electron chi connectivity index (χ2n) is 15.1. The molecule has 1 heterocycles. The van der Waals surface area contributed by atoms with Crippen LogP contribution in [0.25, 0.3) is 11.1 Å². The van der Waals surface area contributed by atoms with E-state index in [0.29, 0.717) is 11.6 Å². The fourth-order valence-corrected chi connectivity index (χ4v) is 6.81. The van der Waals surface area contributed by atoms with Crippen molar-refractivity contribution in [3.8, 4) is 16.9 Å². The minimum Gasteiger partial charge on any atom is -0.494 e. The van der Waals surface area contributed by atoms with E-state index in [4.69, 9.17) is 44.8 Å². The zero-order valence-corrected chi connectivity index (χ0v) is 34.1. The summed E-state index contributed by atoms with van der Waals surface area (Å²) in [5, 5.41) is 0.557. The van der Waals surface area contributed by atoms with Gasteiger partial charge in [-0.25, -0.2) is 4.79 Å². The standard InChI is InChI=1S/C48H51ClO9/c1-5-52-38-24-21-36(22-25-38)39-27-37(23-26-40(39)49)43-45(55-29-34-17-11-7-12-18-34)46(56-30-35-19-13-8-14-20-35)44(54-28-33-15-9-6-10-16-33)41(58-43)31-53-42(50)32-57-47(51)48(2,3)4/h6-27,41,43-46H,5,28-32H2,1-4H3/t41-,43+,44-,45+,46+/m1/s1. The van der Waals surface area contributed by atoms with E-state index < -0.39 is 54.5 Å². The monoisotopic (exact) mass is 806 g/mol. The second kappa shape index (κ2) is 20.6. The van der Waals surface area contributed by atoms with Crippen LogP contribution in [0.3, 0.4) is 0 Å². The molecule has 5 aromatic carbocycles. The summed E-state index contributed by atoms with van der Waals surface area (Å²) in [6.45, 7) is 7.65. The summed E-state index contributed by atoms with van der Waals surface area (Å²) in [7, 11) is 0. The van der Waals surface area contributed by atoms with Crippen LogP contribution in [0.1, 0.15) is 56.1 Å². The van der Waals surface area contributed by atoms with Gasteiger partial charge in [0, 0.05) is 10.6 Å². The van der Waals surface area contributed by atoms with E-state index in [1.54, 1.807) is 20.8 Å². The third kappa shape index (κ3) is 11.8. The molecule has 0 spiro atoms. The molecule has 0 amide bonds. The Hall–Kier alpha value is -5.03. The molecule has 10 heteroatoms. The smallest absolute Gasteiger partial charge is 0.344 e. The fourth-order valence-electron chi connectivity index (χ4n) is 6.59. The molecular formula is C48H51ClO9. The molecule has 5 aromatic rings. The molecule has 0 aliphatic carbocycles. The number of carbonyl (C=O) groups is 2. The van der Waals surface area contributed by atoms with E-state index in [-0.39, 0.29) is 26.4 Å². The molecule has 0 unspecified atom stereocenters. The average molecular weight is 807 g/mol. The molecular weight excluding hydrogens is 756 g/mol. The van der Waals surface area contributed by atoms with Crippen LogP contribution in [-0.2, 0) is 57.8 Å². The van der Waals surface area contributed by atoms with Crippen molar-refractivity contribution >= 4 is 23.5 Å². The van der Waals surface area contributed by atoms with E-state index in [9.17, 15) is 9.59 Å². The first kappa shape index (κ1) is 42.6. The van der Waals surface area contributed by atoms with Crippen molar-refractivity contribution in [2.45, 2.75) is 78.0 Å². The summed E-state index contributed by atoms with van der Waals surface area (Å²) in [6.07, 6.45) is -3.78. The van der Waals surface area contributed by atoms with Crippen molar-refractivity contribution in [2.75, 3.05) is 19.8 Å². The Bertz CT molecular complexity index is 2040. The normalized spacial score (nSPS) is 19.3. The molecule has 5 atom stereocenters. The summed E-state index contributed by atoms with van der Waals surface area (Å²) in [5.74, 6) is -0.469. The largest absolute Gasteiger partial charge is 0.494 e. The molecule has 1 aliphatic rings. The Morgan fingerprint density at radius 3 is 1.72 bits per heavy atom. The summed E-state index contributed by atoms with van der Waals surface area (Å²) in [6, 6.07) is 43.1. The lowest BCUT2D eigenvalue weighted by molar-refractivity contribution is -0.273. The maximum Gasteiger partial charge on any atom is 0.344 e. The van der Waals surface area contributed by atoms with E-state index in [1.165, 1.54) is 0 Å². The number of hydrogen-bond acceptors (Lipinski definition) is 9. The Labute approximate surface area is 346 Å². The van der Waals surface area contributed by atoms with Crippen LogP contribution < -0.4 is 4.74 Å². The van der Waals surface area contributed by atoms with Gasteiger partial charge in [-0.3, -0.25) is 4.79 Å². The van der Waals surface area contributed by atoms with Crippen molar-refractivity contribution in [1.29, 1.82) is 0 Å². The van der Waals surface area contributed by atoms with Crippen LogP contribution in [0.15, 0.2) is 133 Å². The zero-order valence-electron chi connectivity index (χ0n) is 33.4. The van der Waals surface area contributed by atoms with Crippen LogP contribution in [0.4, 0.5) is 0 Å². The highest BCUT2D eigenvalue weighted by atomic mass is 35.5. The highest BCUT2D eigenvalue weighted by Gasteiger charge is 2.49. The first-order chi connectivity index (χ1) is 28.1. The third-order valence-corrected chi connectivity index (χ3v) is 9.96. The lowest BCUT2D eigenvalue weighted by atomic mass is 9.89. The molecule has 6 rings (SSSR count). The molecule has 0 N–H and O–H groups in total. The van der Waals surface area contributed by atoms with Crippen molar-refractivity contribution in [3.63, 3.8) is 0 Å². The van der Waals surface area contributed by atoms with Gasteiger partial charge < -0.3 is 33.2 Å². The number of benzene rings is 5. The number of ether oxygens (including phenoxy) is 7. The number of halogens is 1. The molecule has 1 fully saturated rings. The highest BCUT2D eigenvalue weighted by Crippen LogP contribution is 2.41. The number of carbonyl (C=O) groups excluding carboxylic acids is 2. The summed E-state index contributed by atoms with van der Waals surface area (Å²) in [4.78, 5) is 25.6. The van der Waals surface area contributed by atoms with Crippen LogP contribution in [0.5, 0.6) is 5.75 Å². The Kier molecular flexibility index (Phi) is 15.1. The summed E-state index contributed by atoms with van der Waals surface area (Å²) in [5.41, 5.74) is 4.55. The lowest BCUT2D eigenvalue weighted by Gasteiger charge is -2.46.